The molecule has 0 bridgehead atoms. The fourth-order valence-electron chi connectivity index (χ4n) is 5.60. The fraction of sp³-hybridized carbons (Fsp3) is 0.811. The summed E-state index contributed by atoms with van der Waals surface area (Å²) in [4.78, 5) is 12.8. The van der Waals surface area contributed by atoms with Gasteiger partial charge in [0.1, 0.15) is 5.75 Å². The van der Waals surface area contributed by atoms with Gasteiger partial charge in [-0.05, 0) is 52.7 Å². The largest absolute Gasteiger partial charge is 0.507 e. The van der Waals surface area contributed by atoms with Crippen LogP contribution in [0.1, 0.15) is 181 Å². The minimum atomic E-state index is -0.167. The van der Waals surface area contributed by atoms with Crippen LogP contribution in [0, 0.1) is 5.92 Å². The topological polar surface area (TPSA) is 46.5 Å². The van der Waals surface area contributed by atoms with E-state index in [2.05, 4.69) is 67.5 Å². The quantitative estimate of drug-likeness (QED) is 0.120. The number of benzene rings is 1. The van der Waals surface area contributed by atoms with Crippen molar-refractivity contribution in [2.75, 3.05) is 6.61 Å². The molecule has 0 saturated carbocycles. The highest BCUT2D eigenvalue weighted by atomic mass is 16.5. The third-order valence-corrected chi connectivity index (χ3v) is 8.32. The second-order valence-electron chi connectivity index (χ2n) is 14.4. The molecule has 0 aromatic heterocycles. The molecule has 1 aromatic carbocycles. The van der Waals surface area contributed by atoms with Crippen LogP contribution in [-0.4, -0.2) is 17.7 Å². The number of ether oxygens (including phenoxy) is 1. The van der Waals surface area contributed by atoms with Crippen LogP contribution in [0.4, 0.5) is 0 Å². The van der Waals surface area contributed by atoms with Crippen molar-refractivity contribution >= 4 is 5.97 Å². The third-order valence-electron chi connectivity index (χ3n) is 8.32. The Morgan fingerprint density at radius 1 is 0.700 bits per heavy atom. The Labute approximate surface area is 249 Å². The van der Waals surface area contributed by atoms with E-state index in [1.54, 1.807) is 0 Å². The first-order chi connectivity index (χ1) is 18.9. The van der Waals surface area contributed by atoms with Gasteiger partial charge >= 0.3 is 5.97 Å². The van der Waals surface area contributed by atoms with Crippen molar-refractivity contribution in [3.63, 3.8) is 0 Å². The number of phenolic OH excluding ortho intramolecular Hbond substituents is 1. The van der Waals surface area contributed by atoms with Crippen LogP contribution >= 0.6 is 0 Å². The Balaban J connectivity index is 2.64. The molecule has 0 saturated heterocycles. The van der Waals surface area contributed by atoms with Crippen LogP contribution in [0.2, 0.25) is 0 Å². The van der Waals surface area contributed by atoms with Gasteiger partial charge in [-0.1, -0.05) is 157 Å². The third kappa shape index (κ3) is 15.5. The van der Waals surface area contributed by atoms with Gasteiger partial charge in [0.05, 0.1) is 6.61 Å². The molecule has 0 aliphatic carbocycles. The van der Waals surface area contributed by atoms with Gasteiger partial charge in [-0.2, -0.15) is 0 Å². The molecular formula is C37H66O3. The molecule has 1 N–H and O–H groups in total. The van der Waals surface area contributed by atoms with E-state index in [4.69, 9.17) is 4.74 Å². The molecule has 40 heavy (non-hydrogen) atoms. The van der Waals surface area contributed by atoms with Gasteiger partial charge < -0.3 is 9.84 Å². The number of hydrogen-bond acceptors (Lipinski definition) is 3. The van der Waals surface area contributed by atoms with Gasteiger partial charge in [-0.3, -0.25) is 4.79 Å². The molecule has 1 rings (SSSR count). The Morgan fingerprint density at radius 3 is 1.50 bits per heavy atom. The Bertz CT molecular complexity index is 777. The van der Waals surface area contributed by atoms with Crippen LogP contribution in [0.15, 0.2) is 12.1 Å². The molecule has 0 amide bonds. The minimum absolute atomic E-state index is 0.0911. The first-order valence-corrected chi connectivity index (χ1v) is 16.9. The van der Waals surface area contributed by atoms with Gasteiger partial charge in [0.2, 0.25) is 0 Å². The monoisotopic (exact) mass is 559 g/mol. The van der Waals surface area contributed by atoms with Gasteiger partial charge in [0, 0.05) is 6.42 Å². The number of unbranched alkanes of at least 4 members (excludes halogenated alkanes) is 12. The first-order valence-electron chi connectivity index (χ1n) is 16.9. The lowest BCUT2D eigenvalue weighted by Gasteiger charge is -2.28. The molecule has 1 atom stereocenters. The van der Waals surface area contributed by atoms with Crippen LogP contribution in [0.25, 0.3) is 0 Å². The first kappa shape index (κ1) is 36.5. The molecule has 0 fully saturated rings. The number of rotatable bonds is 21. The fourth-order valence-corrected chi connectivity index (χ4v) is 5.60. The van der Waals surface area contributed by atoms with Crippen LogP contribution in [0.3, 0.4) is 0 Å². The zero-order valence-corrected chi connectivity index (χ0v) is 27.9. The van der Waals surface area contributed by atoms with E-state index >= 15 is 0 Å². The lowest BCUT2D eigenvalue weighted by atomic mass is 9.78. The predicted molar refractivity (Wildman–Crippen MR) is 173 cm³/mol. The molecule has 3 heteroatoms. The highest BCUT2D eigenvalue weighted by Gasteiger charge is 2.26. The zero-order valence-electron chi connectivity index (χ0n) is 27.9. The molecule has 1 unspecified atom stereocenters. The van der Waals surface area contributed by atoms with Gasteiger partial charge in [0.15, 0.2) is 0 Å². The smallest absolute Gasteiger partial charge is 0.306 e. The minimum Gasteiger partial charge on any atom is -0.507 e. The van der Waals surface area contributed by atoms with Crippen molar-refractivity contribution in [1.29, 1.82) is 0 Å². The SMILES string of the molecule is CCCCCCCCCCC(CCCCCCCC)COC(=O)CCc1cc(C(C)(C)C)c(O)c(C(C)(C)C)c1. The standard InChI is InChI=1S/C37H66O3/c1-9-11-13-15-17-18-20-22-24-30(23-21-19-16-14-12-10-2)29-40-34(38)26-25-31-27-32(36(3,4)5)35(39)33(28-31)37(6,7)8/h27-28,30,39H,9-26,29H2,1-8H3. The second kappa shape index (κ2) is 19.6. The van der Waals surface area contributed by atoms with Crippen LogP contribution in [0.5, 0.6) is 5.75 Å². The molecular weight excluding hydrogens is 492 g/mol. The summed E-state index contributed by atoms with van der Waals surface area (Å²) < 4.78 is 5.87. The second-order valence-corrected chi connectivity index (χ2v) is 14.4. The summed E-state index contributed by atoms with van der Waals surface area (Å²) in [5.41, 5.74) is 2.67. The maximum Gasteiger partial charge on any atom is 0.306 e. The van der Waals surface area contributed by atoms with E-state index in [0.717, 1.165) is 16.7 Å². The molecule has 0 radical (unpaired) electrons. The molecule has 0 spiro atoms. The summed E-state index contributed by atoms with van der Waals surface area (Å²) in [5, 5.41) is 11.0. The lowest BCUT2D eigenvalue weighted by molar-refractivity contribution is -0.145. The van der Waals surface area contributed by atoms with Gasteiger partial charge in [-0.25, -0.2) is 0 Å². The Kier molecular flexibility index (Phi) is 17.9. The predicted octanol–water partition coefficient (Wildman–Crippen LogP) is 11.4. The summed E-state index contributed by atoms with van der Waals surface area (Å²) in [6.45, 7) is 17.9. The van der Waals surface area contributed by atoms with Gasteiger partial charge in [-0.15, -0.1) is 0 Å². The van der Waals surface area contributed by atoms with Crippen molar-refractivity contribution in [2.24, 2.45) is 5.92 Å². The number of hydrogen-bond donors (Lipinski definition) is 1. The number of phenols is 1. The van der Waals surface area contributed by atoms with Crippen molar-refractivity contribution in [3.8, 4) is 5.75 Å². The summed E-state index contributed by atoms with van der Waals surface area (Å²) >= 11 is 0. The normalized spacial score (nSPS) is 13.0. The maximum atomic E-state index is 12.8. The van der Waals surface area contributed by atoms with E-state index in [-0.39, 0.29) is 16.8 Å². The average Bonchev–Trinajstić information content (AvgIpc) is 2.88. The number of esters is 1. The molecule has 3 nitrogen and oxygen atoms in total. The number of carbonyl (C=O) groups excluding carboxylic acids is 1. The summed E-state index contributed by atoms with van der Waals surface area (Å²) in [5.74, 6) is 0.792. The van der Waals surface area contributed by atoms with E-state index in [9.17, 15) is 9.90 Å². The van der Waals surface area contributed by atoms with E-state index < -0.39 is 0 Å². The molecule has 0 heterocycles. The molecule has 1 aromatic rings. The van der Waals surface area contributed by atoms with Crippen molar-refractivity contribution in [3.05, 3.63) is 28.8 Å². The average molecular weight is 559 g/mol. The van der Waals surface area contributed by atoms with Crippen molar-refractivity contribution < 1.29 is 14.6 Å². The Hall–Kier alpha value is -1.51. The van der Waals surface area contributed by atoms with Crippen molar-refractivity contribution in [1.82, 2.24) is 0 Å². The lowest BCUT2D eigenvalue weighted by Crippen LogP contribution is -2.18. The summed E-state index contributed by atoms with van der Waals surface area (Å²) in [6, 6.07) is 4.17. The summed E-state index contributed by atoms with van der Waals surface area (Å²) in [7, 11) is 0. The van der Waals surface area contributed by atoms with Crippen LogP contribution in [-0.2, 0) is 26.8 Å². The zero-order chi connectivity index (χ0) is 30.0. The van der Waals surface area contributed by atoms with E-state index in [1.165, 1.54) is 103 Å². The highest BCUT2D eigenvalue weighted by Crippen LogP contribution is 2.40. The maximum absolute atomic E-state index is 12.8. The highest BCUT2D eigenvalue weighted by molar-refractivity contribution is 5.69. The van der Waals surface area contributed by atoms with Crippen molar-refractivity contribution in [2.45, 2.75) is 182 Å². The van der Waals surface area contributed by atoms with E-state index in [0.29, 0.717) is 31.1 Å². The number of aryl methyl sites for hydroxylation is 1. The van der Waals surface area contributed by atoms with Crippen LogP contribution < -0.4 is 0 Å². The molecule has 232 valence electrons. The van der Waals surface area contributed by atoms with Gasteiger partial charge in [0.25, 0.3) is 0 Å². The van der Waals surface area contributed by atoms with E-state index in [1.807, 2.05) is 0 Å². The summed E-state index contributed by atoms with van der Waals surface area (Å²) in [6.07, 6.45) is 22.0. The molecule has 0 aliphatic rings. The number of carbonyl (C=O) groups is 1. The Morgan fingerprint density at radius 2 is 1.10 bits per heavy atom. The number of aromatic hydroxyl groups is 1. The molecule has 0 aliphatic heterocycles.